The summed E-state index contributed by atoms with van der Waals surface area (Å²) in [7, 11) is 1.67. The van der Waals surface area contributed by atoms with Crippen molar-refractivity contribution in [1.82, 2.24) is 5.32 Å². The number of carbonyl (C=O) groups is 1. The predicted molar refractivity (Wildman–Crippen MR) is 76.0 cm³/mol. The number of hydrogen-bond donors (Lipinski definition) is 2. The van der Waals surface area contributed by atoms with Crippen molar-refractivity contribution in [3.05, 3.63) is 28.8 Å². The van der Waals surface area contributed by atoms with Gasteiger partial charge in [0, 0.05) is 12.0 Å². The zero-order valence-corrected chi connectivity index (χ0v) is 12.3. The molecule has 0 aliphatic heterocycles. The number of benzene rings is 1. The van der Waals surface area contributed by atoms with Crippen molar-refractivity contribution in [2.24, 2.45) is 0 Å². The van der Waals surface area contributed by atoms with Crippen LogP contribution in [0.2, 0.25) is 0 Å². The van der Waals surface area contributed by atoms with Crippen LogP contribution >= 0.6 is 0 Å². The third-order valence-electron chi connectivity index (χ3n) is 3.53. The first-order valence-corrected chi connectivity index (χ1v) is 6.37. The fourth-order valence-corrected chi connectivity index (χ4v) is 2.33. The highest BCUT2D eigenvalue weighted by Gasteiger charge is 2.24. The summed E-state index contributed by atoms with van der Waals surface area (Å²) < 4.78 is 5.31. The third-order valence-corrected chi connectivity index (χ3v) is 3.53. The smallest absolute Gasteiger partial charge is 0.317 e. The monoisotopic (exact) mass is 265 g/mol. The number of nitrogens with one attached hydrogen (secondary N) is 1. The van der Waals surface area contributed by atoms with Crippen LogP contribution in [0.4, 0.5) is 0 Å². The lowest BCUT2D eigenvalue weighted by molar-refractivity contribution is -0.136. The van der Waals surface area contributed by atoms with Crippen molar-refractivity contribution in [1.29, 1.82) is 0 Å². The average Bonchev–Trinajstić information content (AvgIpc) is 2.31. The summed E-state index contributed by atoms with van der Waals surface area (Å²) in [5.74, 6) is 0.0500. The lowest BCUT2D eigenvalue weighted by Gasteiger charge is -2.28. The Morgan fingerprint density at radius 1 is 1.32 bits per heavy atom. The van der Waals surface area contributed by atoms with E-state index in [0.717, 1.165) is 11.3 Å². The molecule has 0 aromatic heterocycles. The van der Waals surface area contributed by atoms with Crippen LogP contribution in [0.15, 0.2) is 12.1 Å². The molecule has 19 heavy (non-hydrogen) atoms. The quantitative estimate of drug-likeness (QED) is 0.828. The van der Waals surface area contributed by atoms with E-state index in [0.29, 0.717) is 6.54 Å². The number of methoxy groups -OCH3 is 1. The van der Waals surface area contributed by atoms with Gasteiger partial charge in [0.25, 0.3) is 0 Å². The van der Waals surface area contributed by atoms with Gasteiger partial charge in [-0.1, -0.05) is 19.9 Å². The van der Waals surface area contributed by atoms with E-state index in [1.807, 2.05) is 13.0 Å². The van der Waals surface area contributed by atoms with Crippen LogP contribution in [-0.2, 0) is 10.2 Å². The molecular weight excluding hydrogens is 242 g/mol. The summed E-state index contributed by atoms with van der Waals surface area (Å²) in [6, 6.07) is 4.03. The molecule has 0 amide bonds. The molecule has 0 saturated heterocycles. The van der Waals surface area contributed by atoms with E-state index in [-0.39, 0.29) is 12.0 Å². The molecule has 0 spiro atoms. The van der Waals surface area contributed by atoms with Crippen molar-refractivity contribution in [2.75, 3.05) is 20.2 Å². The van der Waals surface area contributed by atoms with E-state index in [1.165, 1.54) is 11.1 Å². The van der Waals surface area contributed by atoms with Gasteiger partial charge in [0.1, 0.15) is 5.75 Å². The van der Waals surface area contributed by atoms with Gasteiger partial charge in [-0.25, -0.2) is 0 Å². The first-order chi connectivity index (χ1) is 8.79. The van der Waals surface area contributed by atoms with Crippen LogP contribution in [-0.4, -0.2) is 31.3 Å². The molecule has 1 aromatic carbocycles. The summed E-state index contributed by atoms with van der Waals surface area (Å²) >= 11 is 0. The minimum atomic E-state index is -0.835. The van der Waals surface area contributed by atoms with Gasteiger partial charge in [0.2, 0.25) is 0 Å². The van der Waals surface area contributed by atoms with Crippen molar-refractivity contribution in [3.8, 4) is 5.75 Å². The maximum Gasteiger partial charge on any atom is 0.317 e. The molecule has 0 heterocycles. The van der Waals surface area contributed by atoms with Gasteiger partial charge < -0.3 is 15.2 Å². The van der Waals surface area contributed by atoms with E-state index in [4.69, 9.17) is 9.84 Å². The standard InChI is InChI=1S/C15H23NO3/c1-10-11(2)13(19-5)7-6-12(10)15(3,4)9-16-8-14(17)18/h6-7,16H,8-9H2,1-5H3,(H,17,18). The molecule has 1 aromatic rings. The summed E-state index contributed by atoms with van der Waals surface area (Å²) in [4.78, 5) is 10.5. The molecule has 2 N–H and O–H groups in total. The van der Waals surface area contributed by atoms with Crippen LogP contribution < -0.4 is 10.1 Å². The first-order valence-electron chi connectivity index (χ1n) is 6.37. The molecule has 0 aliphatic carbocycles. The lowest BCUT2D eigenvalue weighted by Crippen LogP contribution is -2.36. The zero-order chi connectivity index (χ0) is 14.6. The Bertz CT molecular complexity index is 467. The van der Waals surface area contributed by atoms with Gasteiger partial charge in [-0.3, -0.25) is 4.79 Å². The maximum absolute atomic E-state index is 10.5. The summed E-state index contributed by atoms with van der Waals surface area (Å²) in [5, 5.41) is 11.6. The largest absolute Gasteiger partial charge is 0.496 e. The van der Waals surface area contributed by atoms with Crippen LogP contribution in [0, 0.1) is 13.8 Å². The molecule has 1 rings (SSSR count). The molecule has 0 saturated carbocycles. The first kappa shape index (κ1) is 15.5. The second-order valence-corrected chi connectivity index (χ2v) is 5.45. The second kappa shape index (κ2) is 6.06. The summed E-state index contributed by atoms with van der Waals surface area (Å²) in [5.41, 5.74) is 3.41. The fraction of sp³-hybridized carbons (Fsp3) is 0.533. The third kappa shape index (κ3) is 3.70. The van der Waals surface area contributed by atoms with Crippen LogP contribution in [0.5, 0.6) is 5.75 Å². The van der Waals surface area contributed by atoms with E-state index < -0.39 is 5.97 Å². The summed E-state index contributed by atoms with van der Waals surface area (Å²) in [6.45, 7) is 8.93. The minimum absolute atomic E-state index is 0.0163. The van der Waals surface area contributed by atoms with E-state index in [1.54, 1.807) is 7.11 Å². The Hall–Kier alpha value is -1.55. The number of rotatable bonds is 6. The molecule has 0 aliphatic rings. The highest BCUT2D eigenvalue weighted by molar-refractivity contribution is 5.69. The van der Waals surface area contributed by atoms with E-state index in [2.05, 4.69) is 32.2 Å². The zero-order valence-electron chi connectivity index (χ0n) is 12.3. The number of carboxylic acids is 1. The fourth-order valence-electron chi connectivity index (χ4n) is 2.33. The normalized spacial score (nSPS) is 11.4. The van der Waals surface area contributed by atoms with Crippen LogP contribution in [0.25, 0.3) is 0 Å². The second-order valence-electron chi connectivity index (χ2n) is 5.45. The van der Waals surface area contributed by atoms with Gasteiger partial charge in [-0.15, -0.1) is 0 Å². The molecule has 0 unspecified atom stereocenters. The van der Waals surface area contributed by atoms with E-state index >= 15 is 0 Å². The van der Waals surface area contributed by atoms with Crippen molar-refractivity contribution in [2.45, 2.75) is 33.1 Å². The SMILES string of the molecule is COc1ccc(C(C)(C)CNCC(=O)O)c(C)c1C. The number of carboxylic acid groups (broad SMARTS) is 1. The molecule has 4 nitrogen and oxygen atoms in total. The molecule has 0 fully saturated rings. The Morgan fingerprint density at radius 3 is 2.47 bits per heavy atom. The topological polar surface area (TPSA) is 58.6 Å². The maximum atomic E-state index is 10.5. The molecule has 106 valence electrons. The number of ether oxygens (including phenoxy) is 1. The minimum Gasteiger partial charge on any atom is -0.496 e. The van der Waals surface area contributed by atoms with E-state index in [9.17, 15) is 4.79 Å². The Morgan fingerprint density at radius 2 is 1.95 bits per heavy atom. The number of aliphatic carboxylic acids is 1. The van der Waals surface area contributed by atoms with Crippen molar-refractivity contribution in [3.63, 3.8) is 0 Å². The van der Waals surface area contributed by atoms with Gasteiger partial charge in [0.05, 0.1) is 13.7 Å². The molecule has 4 heteroatoms. The average molecular weight is 265 g/mol. The van der Waals surface area contributed by atoms with Gasteiger partial charge >= 0.3 is 5.97 Å². The Balaban J connectivity index is 2.94. The van der Waals surface area contributed by atoms with Gasteiger partial charge in [-0.05, 0) is 36.6 Å². The molecular formula is C15H23NO3. The predicted octanol–water partition coefficient (Wildman–Crippen LogP) is 2.26. The van der Waals surface area contributed by atoms with Crippen LogP contribution in [0.3, 0.4) is 0 Å². The van der Waals surface area contributed by atoms with Crippen molar-refractivity contribution < 1.29 is 14.6 Å². The summed E-state index contributed by atoms with van der Waals surface area (Å²) in [6.07, 6.45) is 0. The Labute approximate surface area is 114 Å². The van der Waals surface area contributed by atoms with Gasteiger partial charge in [0.15, 0.2) is 0 Å². The van der Waals surface area contributed by atoms with Gasteiger partial charge in [-0.2, -0.15) is 0 Å². The van der Waals surface area contributed by atoms with Crippen molar-refractivity contribution >= 4 is 5.97 Å². The molecule has 0 bridgehead atoms. The highest BCUT2D eigenvalue weighted by atomic mass is 16.5. The number of hydrogen-bond acceptors (Lipinski definition) is 3. The Kier molecular flexibility index (Phi) is 4.95. The van der Waals surface area contributed by atoms with Crippen LogP contribution in [0.1, 0.15) is 30.5 Å². The lowest BCUT2D eigenvalue weighted by atomic mass is 9.80. The highest BCUT2D eigenvalue weighted by Crippen LogP contribution is 2.31. The molecule has 0 radical (unpaired) electrons. The molecule has 0 atom stereocenters.